The van der Waals surface area contributed by atoms with Crippen LogP contribution in [0.2, 0.25) is 0 Å². The second-order valence-corrected chi connectivity index (χ2v) is 8.89. The van der Waals surface area contributed by atoms with E-state index in [1.165, 1.54) is 24.2 Å². The molecule has 1 aromatic rings. The highest BCUT2D eigenvalue weighted by Crippen LogP contribution is 2.31. The Morgan fingerprint density at radius 1 is 1.47 bits per heavy atom. The van der Waals surface area contributed by atoms with E-state index in [9.17, 15) is 8.42 Å². The molecule has 0 bridgehead atoms. The molecule has 2 rings (SSSR count). The SMILES string of the molecule is Cc1cc(S(=O)(=O)NCC2CCCC2)sc1Br. The summed E-state index contributed by atoms with van der Waals surface area (Å²) in [7, 11) is -3.31. The van der Waals surface area contributed by atoms with Crippen molar-refractivity contribution in [1.82, 2.24) is 4.72 Å². The molecule has 0 aliphatic heterocycles. The monoisotopic (exact) mass is 337 g/mol. The van der Waals surface area contributed by atoms with Gasteiger partial charge in [0.05, 0.1) is 3.79 Å². The van der Waals surface area contributed by atoms with E-state index < -0.39 is 10.0 Å². The van der Waals surface area contributed by atoms with Gasteiger partial charge in [0.25, 0.3) is 0 Å². The lowest BCUT2D eigenvalue weighted by atomic mass is 10.1. The van der Waals surface area contributed by atoms with E-state index in [1.54, 1.807) is 6.07 Å². The molecule has 1 aromatic heterocycles. The van der Waals surface area contributed by atoms with Gasteiger partial charge in [0.2, 0.25) is 10.0 Å². The fourth-order valence-corrected chi connectivity index (χ4v) is 5.46. The van der Waals surface area contributed by atoms with Crippen molar-refractivity contribution in [3.63, 3.8) is 0 Å². The van der Waals surface area contributed by atoms with Crippen molar-refractivity contribution in [3.8, 4) is 0 Å². The lowest BCUT2D eigenvalue weighted by molar-refractivity contribution is 0.520. The van der Waals surface area contributed by atoms with E-state index in [4.69, 9.17) is 0 Å². The van der Waals surface area contributed by atoms with Crippen LogP contribution in [0.4, 0.5) is 0 Å². The molecular formula is C11H16BrNO2S2. The van der Waals surface area contributed by atoms with E-state index in [0.717, 1.165) is 22.2 Å². The number of thiophene rings is 1. The number of halogens is 1. The predicted molar refractivity (Wildman–Crippen MR) is 73.9 cm³/mol. The summed E-state index contributed by atoms with van der Waals surface area (Å²) in [5.74, 6) is 0.522. The Morgan fingerprint density at radius 2 is 2.12 bits per heavy atom. The molecule has 1 heterocycles. The molecule has 0 spiro atoms. The summed E-state index contributed by atoms with van der Waals surface area (Å²) in [4.78, 5) is 0. The van der Waals surface area contributed by atoms with Crippen LogP contribution in [0.15, 0.2) is 14.1 Å². The predicted octanol–water partition coefficient (Wildman–Crippen LogP) is 3.29. The van der Waals surface area contributed by atoms with Crippen LogP contribution in [0, 0.1) is 12.8 Å². The van der Waals surface area contributed by atoms with Gasteiger partial charge in [0.15, 0.2) is 0 Å². The van der Waals surface area contributed by atoms with Crippen LogP contribution < -0.4 is 4.72 Å². The third-order valence-corrected chi connectivity index (χ3v) is 7.17. The van der Waals surface area contributed by atoms with Crippen LogP contribution in [0.1, 0.15) is 31.2 Å². The Balaban J connectivity index is 2.03. The molecule has 3 nitrogen and oxygen atoms in total. The zero-order chi connectivity index (χ0) is 12.5. The van der Waals surface area contributed by atoms with Gasteiger partial charge in [-0.1, -0.05) is 12.8 Å². The fraction of sp³-hybridized carbons (Fsp3) is 0.636. The molecule has 0 unspecified atom stereocenters. The first-order chi connectivity index (χ1) is 7.99. The van der Waals surface area contributed by atoms with Crippen molar-refractivity contribution in [1.29, 1.82) is 0 Å². The van der Waals surface area contributed by atoms with Crippen molar-refractivity contribution in [3.05, 3.63) is 15.4 Å². The Bertz CT molecular complexity index is 470. The number of rotatable bonds is 4. The molecule has 0 atom stereocenters. The highest BCUT2D eigenvalue weighted by molar-refractivity contribution is 9.11. The molecule has 6 heteroatoms. The zero-order valence-corrected chi connectivity index (χ0v) is 12.9. The molecule has 1 N–H and O–H groups in total. The van der Waals surface area contributed by atoms with Crippen molar-refractivity contribution in [2.24, 2.45) is 5.92 Å². The third kappa shape index (κ3) is 3.30. The molecular weight excluding hydrogens is 322 g/mol. The summed E-state index contributed by atoms with van der Waals surface area (Å²) in [6, 6.07) is 1.71. The Morgan fingerprint density at radius 3 is 2.65 bits per heavy atom. The first-order valence-electron chi connectivity index (χ1n) is 5.74. The quantitative estimate of drug-likeness (QED) is 0.916. The second-order valence-electron chi connectivity index (χ2n) is 4.52. The van der Waals surface area contributed by atoms with Gasteiger partial charge in [-0.05, 0) is 53.2 Å². The fourth-order valence-electron chi connectivity index (χ4n) is 2.08. The Kier molecular flexibility index (Phi) is 4.28. The maximum atomic E-state index is 12.0. The van der Waals surface area contributed by atoms with Gasteiger partial charge in [-0.15, -0.1) is 11.3 Å². The highest BCUT2D eigenvalue weighted by Gasteiger charge is 2.21. The largest absolute Gasteiger partial charge is 0.250 e. The van der Waals surface area contributed by atoms with Crippen LogP contribution in [-0.2, 0) is 10.0 Å². The van der Waals surface area contributed by atoms with Gasteiger partial charge in [0.1, 0.15) is 4.21 Å². The van der Waals surface area contributed by atoms with Gasteiger partial charge in [-0.2, -0.15) is 0 Å². The first kappa shape index (κ1) is 13.5. The summed E-state index contributed by atoms with van der Waals surface area (Å²) in [6.07, 6.45) is 4.76. The number of nitrogens with one attached hydrogen (secondary N) is 1. The lowest BCUT2D eigenvalue weighted by Crippen LogP contribution is -2.27. The zero-order valence-electron chi connectivity index (χ0n) is 9.70. The number of hydrogen-bond acceptors (Lipinski definition) is 3. The molecule has 17 heavy (non-hydrogen) atoms. The Labute approximate surface area is 115 Å². The van der Waals surface area contributed by atoms with E-state index in [-0.39, 0.29) is 0 Å². The van der Waals surface area contributed by atoms with Gasteiger partial charge < -0.3 is 0 Å². The molecule has 0 amide bonds. The summed E-state index contributed by atoms with van der Waals surface area (Å²) < 4.78 is 28.1. The van der Waals surface area contributed by atoms with Crippen molar-refractivity contribution in [2.45, 2.75) is 36.8 Å². The van der Waals surface area contributed by atoms with Gasteiger partial charge in [-0.25, -0.2) is 13.1 Å². The van der Waals surface area contributed by atoms with E-state index in [0.29, 0.717) is 16.7 Å². The van der Waals surface area contributed by atoms with E-state index in [2.05, 4.69) is 20.7 Å². The molecule has 0 aromatic carbocycles. The van der Waals surface area contributed by atoms with Gasteiger partial charge in [-0.3, -0.25) is 0 Å². The maximum absolute atomic E-state index is 12.0. The number of hydrogen-bond donors (Lipinski definition) is 1. The molecule has 1 fully saturated rings. The molecule has 1 saturated carbocycles. The second kappa shape index (κ2) is 5.38. The molecule has 0 radical (unpaired) electrons. The van der Waals surface area contributed by atoms with E-state index in [1.807, 2.05) is 6.92 Å². The summed E-state index contributed by atoms with van der Waals surface area (Å²) in [5, 5.41) is 0. The third-order valence-electron chi connectivity index (χ3n) is 3.14. The maximum Gasteiger partial charge on any atom is 0.250 e. The number of sulfonamides is 1. The average molecular weight is 338 g/mol. The van der Waals surface area contributed by atoms with Crippen LogP contribution in [0.3, 0.4) is 0 Å². The lowest BCUT2D eigenvalue weighted by Gasteiger charge is -2.09. The standard InChI is InChI=1S/C11H16BrNO2S2/c1-8-6-10(16-11(8)12)17(14,15)13-7-9-4-2-3-5-9/h6,9,13H,2-5,7H2,1H3. The van der Waals surface area contributed by atoms with E-state index >= 15 is 0 Å². The highest BCUT2D eigenvalue weighted by atomic mass is 79.9. The molecule has 0 saturated heterocycles. The minimum Gasteiger partial charge on any atom is -0.210 e. The molecule has 96 valence electrons. The van der Waals surface area contributed by atoms with Crippen LogP contribution >= 0.6 is 27.3 Å². The van der Waals surface area contributed by atoms with Crippen LogP contribution in [-0.4, -0.2) is 15.0 Å². The van der Waals surface area contributed by atoms with Crippen molar-refractivity contribution in [2.75, 3.05) is 6.54 Å². The minimum absolute atomic E-state index is 0.403. The van der Waals surface area contributed by atoms with Gasteiger partial charge >= 0.3 is 0 Å². The minimum atomic E-state index is -3.31. The summed E-state index contributed by atoms with van der Waals surface area (Å²) in [6.45, 7) is 2.48. The first-order valence-corrected chi connectivity index (χ1v) is 8.84. The molecule has 1 aliphatic rings. The van der Waals surface area contributed by atoms with Crippen LogP contribution in [0.5, 0.6) is 0 Å². The van der Waals surface area contributed by atoms with Crippen LogP contribution in [0.25, 0.3) is 0 Å². The average Bonchev–Trinajstić information content (AvgIpc) is 2.87. The number of aryl methyl sites for hydroxylation is 1. The summed E-state index contributed by atoms with van der Waals surface area (Å²) in [5.41, 5.74) is 0.969. The van der Waals surface area contributed by atoms with Crippen molar-refractivity contribution < 1.29 is 8.42 Å². The van der Waals surface area contributed by atoms with Crippen molar-refractivity contribution >= 4 is 37.3 Å². The smallest absolute Gasteiger partial charge is 0.210 e. The Hall–Kier alpha value is 0.0900. The normalized spacial score (nSPS) is 17.8. The molecule has 1 aliphatic carbocycles. The topological polar surface area (TPSA) is 46.2 Å². The van der Waals surface area contributed by atoms with Gasteiger partial charge in [0, 0.05) is 6.54 Å². The summed E-state index contributed by atoms with van der Waals surface area (Å²) >= 11 is 4.62.